The summed E-state index contributed by atoms with van der Waals surface area (Å²) in [6.07, 6.45) is 13.9. The summed E-state index contributed by atoms with van der Waals surface area (Å²) in [6, 6.07) is 0. The summed E-state index contributed by atoms with van der Waals surface area (Å²) in [5, 5.41) is 0. The average Bonchev–Trinajstić information content (AvgIpc) is 2.55. The molecule has 0 aliphatic heterocycles. The first-order valence-electron chi connectivity index (χ1n) is 3.69. The minimum atomic E-state index is -1.65. The molecule has 0 aromatic rings. The molecule has 0 amide bonds. The van der Waals surface area contributed by atoms with Crippen molar-refractivity contribution in [1.82, 2.24) is 0 Å². The van der Waals surface area contributed by atoms with Gasteiger partial charge in [-0.1, -0.05) is 36.6 Å². The van der Waals surface area contributed by atoms with E-state index in [2.05, 4.69) is 43.0 Å². The third kappa shape index (κ3) is 1.36. The molecule has 1 aliphatic rings. The van der Waals surface area contributed by atoms with Crippen molar-refractivity contribution in [2.45, 2.75) is 12.1 Å². The second kappa shape index (κ2) is 2.94. The Morgan fingerprint density at radius 3 is 2.45 bits per heavy atom. The summed E-state index contributed by atoms with van der Waals surface area (Å²) in [4.78, 5) is 0. The fourth-order valence-electron chi connectivity index (χ4n) is 1.12. The smallest absolute Gasteiger partial charge is 0.129 e. The van der Waals surface area contributed by atoms with Gasteiger partial charge in [-0.3, -0.25) is 0 Å². The van der Waals surface area contributed by atoms with E-state index < -0.39 is 8.07 Å². The Hall–Kier alpha value is -1.00. The maximum Gasteiger partial charge on any atom is 0.168 e. The lowest BCUT2D eigenvalue weighted by Crippen LogP contribution is -2.30. The highest BCUT2D eigenvalue weighted by atomic mass is 28.3. The van der Waals surface area contributed by atoms with Gasteiger partial charge in [-0.15, -0.1) is 18.5 Å². The van der Waals surface area contributed by atoms with E-state index >= 15 is 0 Å². The van der Waals surface area contributed by atoms with E-state index in [1.165, 1.54) is 0 Å². The predicted octanol–water partition coefficient (Wildman–Crippen LogP) is 2.46. The maximum absolute atomic E-state index is 5.47. The minimum Gasteiger partial charge on any atom is -0.129 e. The molecule has 11 heavy (non-hydrogen) atoms. The summed E-state index contributed by atoms with van der Waals surface area (Å²) in [6.45, 7) is 5.96. The fraction of sp³-hybridized carbons (Fsp3) is 0.200. The Morgan fingerprint density at radius 1 is 1.55 bits per heavy atom. The molecule has 0 aromatic carbocycles. The molecule has 1 aliphatic carbocycles. The normalized spacial score (nSPS) is 21.1. The second-order valence-corrected chi connectivity index (χ2v) is 6.86. The molecule has 0 saturated heterocycles. The van der Waals surface area contributed by atoms with Crippen molar-refractivity contribution < 1.29 is 0 Å². The van der Waals surface area contributed by atoms with E-state index in [0.29, 0.717) is 5.54 Å². The largest absolute Gasteiger partial charge is 0.168 e. The molecule has 1 rings (SSSR count). The Morgan fingerprint density at radius 2 is 2.09 bits per heavy atom. The van der Waals surface area contributed by atoms with Crippen molar-refractivity contribution in [2.24, 2.45) is 0 Å². The van der Waals surface area contributed by atoms with Gasteiger partial charge < -0.3 is 0 Å². The highest BCUT2D eigenvalue weighted by Gasteiger charge is 2.29. The minimum absolute atomic E-state index is 0.463. The molecule has 0 fully saturated rings. The van der Waals surface area contributed by atoms with E-state index in [1.54, 1.807) is 0 Å². The summed E-state index contributed by atoms with van der Waals surface area (Å²) in [5.41, 5.74) is 5.32. The Balaban J connectivity index is 2.87. The standard InChI is InChI=1S/C10H12Si/c1-4-11(3,5-2)10-8-6-7-9-10/h1,5-10H,2H2,3H3. The van der Waals surface area contributed by atoms with Gasteiger partial charge in [-0.2, -0.15) is 0 Å². The van der Waals surface area contributed by atoms with Crippen molar-refractivity contribution in [2.75, 3.05) is 0 Å². The quantitative estimate of drug-likeness (QED) is 0.430. The lowest BCUT2D eigenvalue weighted by Gasteiger charge is -2.20. The zero-order valence-electron chi connectivity index (χ0n) is 6.75. The van der Waals surface area contributed by atoms with Gasteiger partial charge in [0.05, 0.1) is 0 Å². The van der Waals surface area contributed by atoms with Crippen LogP contribution in [-0.4, -0.2) is 8.07 Å². The summed E-state index contributed by atoms with van der Waals surface area (Å²) in [5.74, 6) is 0. The summed E-state index contributed by atoms with van der Waals surface area (Å²) >= 11 is 0. The lowest BCUT2D eigenvalue weighted by atomic mass is 10.5. The summed E-state index contributed by atoms with van der Waals surface area (Å²) in [7, 11) is -1.65. The van der Waals surface area contributed by atoms with Gasteiger partial charge in [0.2, 0.25) is 0 Å². The lowest BCUT2D eigenvalue weighted by molar-refractivity contribution is 1.34. The maximum atomic E-state index is 5.47. The molecule has 0 saturated carbocycles. The van der Waals surface area contributed by atoms with Crippen LogP contribution in [0.25, 0.3) is 0 Å². The van der Waals surface area contributed by atoms with Crippen LogP contribution in [-0.2, 0) is 0 Å². The molecular weight excluding hydrogens is 148 g/mol. The van der Waals surface area contributed by atoms with Crippen LogP contribution in [0.15, 0.2) is 36.6 Å². The molecule has 0 heterocycles. The predicted molar refractivity (Wildman–Crippen MR) is 52.7 cm³/mol. The average molecular weight is 160 g/mol. The Labute approximate surface area is 69.3 Å². The molecule has 0 spiro atoms. The van der Waals surface area contributed by atoms with Crippen LogP contribution < -0.4 is 0 Å². The van der Waals surface area contributed by atoms with Crippen molar-refractivity contribution >= 4 is 8.07 Å². The highest BCUT2D eigenvalue weighted by Crippen LogP contribution is 2.28. The molecule has 1 atom stereocenters. The van der Waals surface area contributed by atoms with Gasteiger partial charge in [-0.05, 0) is 0 Å². The van der Waals surface area contributed by atoms with Crippen LogP contribution in [0.2, 0.25) is 12.1 Å². The number of hydrogen-bond donors (Lipinski definition) is 0. The molecule has 0 N–H and O–H groups in total. The van der Waals surface area contributed by atoms with E-state index in [-0.39, 0.29) is 0 Å². The molecular formula is C10H12Si. The monoisotopic (exact) mass is 160 g/mol. The van der Waals surface area contributed by atoms with E-state index in [1.807, 2.05) is 5.70 Å². The van der Waals surface area contributed by atoms with Gasteiger partial charge in [0.1, 0.15) is 0 Å². The summed E-state index contributed by atoms with van der Waals surface area (Å²) < 4.78 is 0. The third-order valence-corrected chi connectivity index (χ3v) is 5.42. The van der Waals surface area contributed by atoms with Crippen LogP contribution >= 0.6 is 0 Å². The molecule has 0 nitrogen and oxygen atoms in total. The molecule has 0 bridgehead atoms. The molecule has 56 valence electrons. The number of rotatable bonds is 2. The van der Waals surface area contributed by atoms with Crippen molar-refractivity contribution in [3.8, 4) is 12.0 Å². The number of terminal acetylenes is 1. The first kappa shape index (κ1) is 8.10. The molecule has 1 unspecified atom stereocenters. The van der Waals surface area contributed by atoms with Crippen LogP contribution in [0.4, 0.5) is 0 Å². The van der Waals surface area contributed by atoms with Crippen molar-refractivity contribution in [3.05, 3.63) is 36.6 Å². The van der Waals surface area contributed by atoms with E-state index in [0.717, 1.165) is 0 Å². The third-order valence-electron chi connectivity index (χ3n) is 2.18. The van der Waals surface area contributed by atoms with E-state index in [4.69, 9.17) is 6.42 Å². The first-order chi connectivity index (χ1) is 5.23. The topological polar surface area (TPSA) is 0 Å². The van der Waals surface area contributed by atoms with Gasteiger partial charge in [-0.25, -0.2) is 0 Å². The van der Waals surface area contributed by atoms with E-state index in [9.17, 15) is 0 Å². The molecule has 0 radical (unpaired) electrons. The van der Waals surface area contributed by atoms with Gasteiger partial charge in [0.25, 0.3) is 0 Å². The Kier molecular flexibility index (Phi) is 2.16. The van der Waals surface area contributed by atoms with Gasteiger partial charge in [0.15, 0.2) is 8.07 Å². The van der Waals surface area contributed by atoms with Gasteiger partial charge >= 0.3 is 0 Å². The zero-order valence-corrected chi connectivity index (χ0v) is 7.75. The second-order valence-electron chi connectivity index (χ2n) is 2.93. The van der Waals surface area contributed by atoms with Crippen LogP contribution in [0, 0.1) is 12.0 Å². The fourth-order valence-corrected chi connectivity index (χ4v) is 2.73. The van der Waals surface area contributed by atoms with Gasteiger partial charge in [0, 0.05) is 5.54 Å². The molecule has 1 heteroatoms. The highest BCUT2D eigenvalue weighted by molar-refractivity contribution is 6.92. The zero-order chi connectivity index (χ0) is 8.32. The van der Waals surface area contributed by atoms with Crippen LogP contribution in [0.5, 0.6) is 0 Å². The van der Waals surface area contributed by atoms with Crippen LogP contribution in [0.1, 0.15) is 0 Å². The Bertz CT molecular complexity index is 243. The van der Waals surface area contributed by atoms with Crippen molar-refractivity contribution in [3.63, 3.8) is 0 Å². The SMILES string of the molecule is C#C[Si](C)(C=C)C1C=CC=C1. The van der Waals surface area contributed by atoms with Crippen LogP contribution in [0.3, 0.4) is 0 Å². The number of allylic oxidation sites excluding steroid dienone is 4. The molecule has 0 aromatic heterocycles. The van der Waals surface area contributed by atoms with Crippen molar-refractivity contribution in [1.29, 1.82) is 0 Å². The number of hydrogen-bond acceptors (Lipinski definition) is 0. The first-order valence-corrected chi connectivity index (χ1v) is 6.35.